The minimum absolute atomic E-state index is 0.735. The Balaban J connectivity index is 2.22. The third-order valence-electron chi connectivity index (χ3n) is 2.98. The van der Waals surface area contributed by atoms with Gasteiger partial charge in [0.1, 0.15) is 0 Å². The van der Waals surface area contributed by atoms with Gasteiger partial charge in [-0.1, -0.05) is 6.08 Å². The first-order valence-electron chi connectivity index (χ1n) is 5.33. The molecule has 1 saturated heterocycles. The van der Waals surface area contributed by atoms with E-state index in [0.717, 1.165) is 24.9 Å². The van der Waals surface area contributed by atoms with Crippen LogP contribution in [0.25, 0.3) is 0 Å². The topological polar surface area (TPSA) is 29.3 Å². The van der Waals surface area contributed by atoms with Crippen LogP contribution in [0.1, 0.15) is 26.2 Å². The molecule has 1 heterocycles. The molecule has 76 valence electrons. The zero-order chi connectivity index (χ0) is 9.68. The van der Waals surface area contributed by atoms with Crippen LogP contribution in [0, 0.1) is 5.92 Å². The van der Waals surface area contributed by atoms with Gasteiger partial charge < -0.3 is 10.6 Å². The molecule has 0 amide bonds. The highest BCUT2D eigenvalue weighted by Crippen LogP contribution is 2.22. The van der Waals surface area contributed by atoms with E-state index in [4.69, 9.17) is 5.73 Å². The molecule has 0 bridgehead atoms. The highest BCUT2D eigenvalue weighted by Gasteiger charge is 2.26. The summed E-state index contributed by atoms with van der Waals surface area (Å²) in [5.41, 5.74) is 5.67. The third-order valence-corrected chi connectivity index (χ3v) is 2.98. The van der Waals surface area contributed by atoms with E-state index in [9.17, 15) is 0 Å². The van der Waals surface area contributed by atoms with Gasteiger partial charge in [-0.2, -0.15) is 0 Å². The minimum Gasteiger partial charge on any atom is -0.330 e. The molecule has 2 atom stereocenters. The summed E-state index contributed by atoms with van der Waals surface area (Å²) in [5, 5.41) is 0. The maximum absolute atomic E-state index is 5.67. The van der Waals surface area contributed by atoms with Gasteiger partial charge in [0.05, 0.1) is 0 Å². The van der Waals surface area contributed by atoms with E-state index in [1.807, 2.05) is 6.08 Å². The molecule has 0 aromatic carbocycles. The molecule has 1 aliphatic heterocycles. The Labute approximate surface area is 81.8 Å². The van der Waals surface area contributed by atoms with E-state index in [2.05, 4.69) is 18.4 Å². The van der Waals surface area contributed by atoms with Gasteiger partial charge in [0, 0.05) is 12.6 Å². The highest BCUT2D eigenvalue weighted by molar-refractivity contribution is 4.83. The van der Waals surface area contributed by atoms with E-state index in [0.29, 0.717) is 0 Å². The van der Waals surface area contributed by atoms with Gasteiger partial charge in [-0.05, 0) is 45.2 Å². The smallest absolute Gasteiger partial charge is 0.00706 e. The lowest BCUT2D eigenvalue weighted by Crippen LogP contribution is -2.28. The molecule has 0 saturated carbocycles. The monoisotopic (exact) mass is 182 g/mol. The van der Waals surface area contributed by atoms with Crippen molar-refractivity contribution in [2.24, 2.45) is 11.7 Å². The maximum atomic E-state index is 5.67. The van der Waals surface area contributed by atoms with Crippen molar-refractivity contribution in [3.63, 3.8) is 0 Å². The molecule has 2 heteroatoms. The van der Waals surface area contributed by atoms with Crippen molar-refractivity contribution in [1.82, 2.24) is 4.90 Å². The lowest BCUT2D eigenvalue weighted by atomic mass is 10.1. The van der Waals surface area contributed by atoms with E-state index in [1.54, 1.807) is 0 Å². The number of likely N-dealkylation sites (tertiary alicyclic amines) is 1. The molecule has 1 aliphatic rings. The molecule has 0 aliphatic carbocycles. The fourth-order valence-corrected chi connectivity index (χ4v) is 2.14. The standard InChI is InChI=1S/C11H22N2/c1-3-4-5-6-13-9-11(8-12)7-10(13)2/h3,10-11H,1,4-9,12H2,2H3. The second-order valence-electron chi connectivity index (χ2n) is 4.11. The van der Waals surface area contributed by atoms with E-state index >= 15 is 0 Å². The van der Waals surface area contributed by atoms with Crippen LogP contribution in [0.5, 0.6) is 0 Å². The van der Waals surface area contributed by atoms with Crippen LogP contribution >= 0.6 is 0 Å². The quantitative estimate of drug-likeness (QED) is 0.517. The molecular weight excluding hydrogens is 160 g/mol. The number of hydrogen-bond donors (Lipinski definition) is 1. The van der Waals surface area contributed by atoms with Crippen molar-refractivity contribution >= 4 is 0 Å². The second kappa shape index (κ2) is 5.40. The van der Waals surface area contributed by atoms with Crippen molar-refractivity contribution in [2.45, 2.75) is 32.2 Å². The number of rotatable bonds is 5. The molecule has 2 unspecified atom stereocenters. The SMILES string of the molecule is C=CCCCN1CC(CN)CC1C. The largest absolute Gasteiger partial charge is 0.330 e. The van der Waals surface area contributed by atoms with Crippen LogP contribution in [0.15, 0.2) is 12.7 Å². The van der Waals surface area contributed by atoms with Gasteiger partial charge in [0.2, 0.25) is 0 Å². The average molecular weight is 182 g/mol. The highest BCUT2D eigenvalue weighted by atomic mass is 15.2. The van der Waals surface area contributed by atoms with Gasteiger partial charge in [-0.15, -0.1) is 6.58 Å². The fraction of sp³-hybridized carbons (Fsp3) is 0.818. The van der Waals surface area contributed by atoms with Crippen LogP contribution in [0.2, 0.25) is 0 Å². The average Bonchev–Trinajstić information content (AvgIpc) is 2.48. The molecular formula is C11H22N2. The van der Waals surface area contributed by atoms with Crippen molar-refractivity contribution in [2.75, 3.05) is 19.6 Å². The molecule has 13 heavy (non-hydrogen) atoms. The Morgan fingerprint density at radius 3 is 2.92 bits per heavy atom. The molecule has 0 radical (unpaired) electrons. The fourth-order valence-electron chi connectivity index (χ4n) is 2.14. The predicted octanol–water partition coefficient (Wildman–Crippen LogP) is 1.62. The van der Waals surface area contributed by atoms with E-state index < -0.39 is 0 Å². The lowest BCUT2D eigenvalue weighted by molar-refractivity contribution is 0.262. The number of allylic oxidation sites excluding steroid dienone is 1. The predicted molar refractivity (Wildman–Crippen MR) is 57.6 cm³/mol. The minimum atomic E-state index is 0.735. The summed E-state index contributed by atoms with van der Waals surface area (Å²) in [7, 11) is 0. The Bertz CT molecular complexity index is 156. The number of hydrogen-bond acceptors (Lipinski definition) is 2. The normalized spacial score (nSPS) is 29.4. The summed E-state index contributed by atoms with van der Waals surface area (Å²) < 4.78 is 0. The van der Waals surface area contributed by atoms with Crippen LogP contribution < -0.4 is 5.73 Å². The van der Waals surface area contributed by atoms with E-state index in [-0.39, 0.29) is 0 Å². The first kappa shape index (κ1) is 10.7. The number of unbranched alkanes of at least 4 members (excludes halogenated alkanes) is 1. The molecule has 2 N–H and O–H groups in total. The number of nitrogens with two attached hydrogens (primary N) is 1. The third kappa shape index (κ3) is 3.12. The van der Waals surface area contributed by atoms with Crippen LogP contribution in [-0.2, 0) is 0 Å². The van der Waals surface area contributed by atoms with Gasteiger partial charge in [-0.25, -0.2) is 0 Å². The van der Waals surface area contributed by atoms with Gasteiger partial charge in [0.15, 0.2) is 0 Å². The molecule has 0 aromatic rings. The second-order valence-corrected chi connectivity index (χ2v) is 4.11. The lowest BCUT2D eigenvalue weighted by Gasteiger charge is -2.20. The molecule has 2 nitrogen and oxygen atoms in total. The Hall–Kier alpha value is -0.340. The van der Waals surface area contributed by atoms with Crippen LogP contribution in [-0.4, -0.2) is 30.6 Å². The van der Waals surface area contributed by atoms with E-state index in [1.165, 1.54) is 25.9 Å². The van der Waals surface area contributed by atoms with Gasteiger partial charge in [-0.3, -0.25) is 0 Å². The molecule has 1 fully saturated rings. The summed E-state index contributed by atoms with van der Waals surface area (Å²) in [4.78, 5) is 2.56. The van der Waals surface area contributed by atoms with Crippen molar-refractivity contribution in [3.05, 3.63) is 12.7 Å². The summed E-state index contributed by atoms with van der Waals surface area (Å²) in [6.07, 6.45) is 5.66. The van der Waals surface area contributed by atoms with Gasteiger partial charge >= 0.3 is 0 Å². The van der Waals surface area contributed by atoms with Crippen molar-refractivity contribution in [1.29, 1.82) is 0 Å². The summed E-state index contributed by atoms with van der Waals surface area (Å²) >= 11 is 0. The first-order valence-corrected chi connectivity index (χ1v) is 5.33. The van der Waals surface area contributed by atoms with Crippen LogP contribution in [0.4, 0.5) is 0 Å². The Morgan fingerprint density at radius 1 is 1.62 bits per heavy atom. The zero-order valence-corrected chi connectivity index (χ0v) is 8.71. The molecule has 0 aromatic heterocycles. The maximum Gasteiger partial charge on any atom is 0.00706 e. The molecule has 1 rings (SSSR count). The summed E-state index contributed by atoms with van der Waals surface area (Å²) in [6.45, 7) is 9.31. The Morgan fingerprint density at radius 2 is 2.38 bits per heavy atom. The first-order chi connectivity index (χ1) is 6.27. The summed E-state index contributed by atoms with van der Waals surface area (Å²) in [5.74, 6) is 0.735. The van der Waals surface area contributed by atoms with Crippen molar-refractivity contribution in [3.8, 4) is 0 Å². The number of nitrogens with zero attached hydrogens (tertiary/aromatic N) is 1. The molecule has 0 spiro atoms. The van der Waals surface area contributed by atoms with Crippen LogP contribution in [0.3, 0.4) is 0 Å². The van der Waals surface area contributed by atoms with Crippen molar-refractivity contribution < 1.29 is 0 Å². The van der Waals surface area contributed by atoms with Gasteiger partial charge in [0.25, 0.3) is 0 Å². The Kier molecular flexibility index (Phi) is 4.46. The zero-order valence-electron chi connectivity index (χ0n) is 8.71. The summed E-state index contributed by atoms with van der Waals surface area (Å²) in [6, 6.07) is 0.735.